The molecule has 6 heteroatoms. The van der Waals surface area contributed by atoms with E-state index in [1.165, 1.54) is 18.4 Å². The van der Waals surface area contributed by atoms with Crippen LogP contribution in [0.1, 0.15) is 44.9 Å². The molecular formula is C15H24N2O4. The molecule has 0 aromatic rings. The van der Waals surface area contributed by atoms with Gasteiger partial charge in [0.15, 0.2) is 6.10 Å². The van der Waals surface area contributed by atoms with Crippen LogP contribution in [0.2, 0.25) is 0 Å². The van der Waals surface area contributed by atoms with Crippen LogP contribution in [0.25, 0.3) is 0 Å². The van der Waals surface area contributed by atoms with Crippen LogP contribution in [-0.4, -0.2) is 42.4 Å². The molecule has 1 aliphatic heterocycles. The number of aliphatic carboxylic acids is 1. The fourth-order valence-corrected chi connectivity index (χ4v) is 2.77. The molecule has 3 N–H and O–H groups in total. The van der Waals surface area contributed by atoms with Gasteiger partial charge in [0.2, 0.25) is 0 Å². The van der Waals surface area contributed by atoms with E-state index >= 15 is 0 Å². The summed E-state index contributed by atoms with van der Waals surface area (Å²) in [6, 6.07) is -0.214. The normalized spacial score (nSPS) is 25.2. The van der Waals surface area contributed by atoms with Crippen LogP contribution < -0.4 is 10.6 Å². The second kappa shape index (κ2) is 8.02. The summed E-state index contributed by atoms with van der Waals surface area (Å²) < 4.78 is 5.32. The number of carbonyl (C=O) groups is 2. The summed E-state index contributed by atoms with van der Waals surface area (Å²) in [7, 11) is 0. The topological polar surface area (TPSA) is 87.7 Å². The number of nitrogens with one attached hydrogen (secondary N) is 2. The number of urea groups is 1. The van der Waals surface area contributed by atoms with Gasteiger partial charge in [-0.1, -0.05) is 11.6 Å². The molecule has 6 nitrogen and oxygen atoms in total. The lowest BCUT2D eigenvalue weighted by atomic mass is 9.97. The Labute approximate surface area is 124 Å². The summed E-state index contributed by atoms with van der Waals surface area (Å²) in [4.78, 5) is 22.4. The number of allylic oxidation sites excluding steroid dienone is 1. The second-order valence-electron chi connectivity index (χ2n) is 5.66. The zero-order valence-electron chi connectivity index (χ0n) is 12.3. The van der Waals surface area contributed by atoms with Crippen molar-refractivity contribution in [2.24, 2.45) is 0 Å². The largest absolute Gasteiger partial charge is 0.479 e. The molecule has 0 saturated carbocycles. The first kappa shape index (κ1) is 15.8. The van der Waals surface area contributed by atoms with Gasteiger partial charge >= 0.3 is 12.0 Å². The predicted octanol–water partition coefficient (Wildman–Crippen LogP) is 1.81. The molecule has 21 heavy (non-hydrogen) atoms. The third kappa shape index (κ3) is 5.38. The third-order valence-corrected chi connectivity index (χ3v) is 3.99. The maximum Gasteiger partial charge on any atom is 0.332 e. The van der Waals surface area contributed by atoms with E-state index in [9.17, 15) is 9.59 Å². The maximum absolute atomic E-state index is 11.6. The molecule has 2 atom stereocenters. The van der Waals surface area contributed by atoms with E-state index in [1.807, 2.05) is 0 Å². The first-order chi connectivity index (χ1) is 10.1. The summed E-state index contributed by atoms with van der Waals surface area (Å²) in [5.41, 5.74) is 1.44. The van der Waals surface area contributed by atoms with Gasteiger partial charge in [-0.2, -0.15) is 0 Å². The van der Waals surface area contributed by atoms with Gasteiger partial charge in [0.25, 0.3) is 0 Å². The van der Waals surface area contributed by atoms with Crippen molar-refractivity contribution in [1.82, 2.24) is 10.6 Å². The average molecular weight is 296 g/mol. The maximum atomic E-state index is 11.6. The minimum atomic E-state index is -0.928. The van der Waals surface area contributed by atoms with Crippen LogP contribution >= 0.6 is 0 Å². The van der Waals surface area contributed by atoms with Gasteiger partial charge in [-0.05, 0) is 44.9 Å². The number of carboxylic acids is 1. The molecule has 0 bridgehead atoms. The van der Waals surface area contributed by atoms with Crippen molar-refractivity contribution in [3.63, 3.8) is 0 Å². The van der Waals surface area contributed by atoms with Crippen molar-refractivity contribution < 1.29 is 19.4 Å². The number of carboxylic acid groups (broad SMARTS) is 1. The highest BCUT2D eigenvalue weighted by Crippen LogP contribution is 2.20. The molecule has 2 aliphatic rings. The van der Waals surface area contributed by atoms with Gasteiger partial charge in [-0.15, -0.1) is 0 Å². The zero-order valence-corrected chi connectivity index (χ0v) is 12.3. The Bertz CT molecular complexity index is 408. The lowest BCUT2D eigenvalue weighted by molar-refractivity contribution is -0.149. The van der Waals surface area contributed by atoms with Crippen LogP contribution in [0.15, 0.2) is 11.6 Å². The van der Waals surface area contributed by atoms with Crippen molar-refractivity contribution in [2.75, 3.05) is 13.1 Å². The molecule has 1 saturated heterocycles. The number of ether oxygens (including phenoxy) is 1. The quantitative estimate of drug-likeness (QED) is 0.652. The van der Waals surface area contributed by atoms with Crippen molar-refractivity contribution in [3.8, 4) is 0 Å². The van der Waals surface area contributed by atoms with Crippen molar-refractivity contribution in [1.29, 1.82) is 0 Å². The summed E-state index contributed by atoms with van der Waals surface area (Å²) in [6.07, 6.45) is 8.28. The standard InChI is InChI=1S/C15H24N2O4/c18-14(19)13-7-6-12(21-13)10-17-15(20)16-9-8-11-4-2-1-3-5-11/h4,12-13H,1-3,5-10H2,(H,18,19)(H2,16,17,20). The number of hydrogen-bond acceptors (Lipinski definition) is 3. The first-order valence-corrected chi connectivity index (χ1v) is 7.73. The molecule has 2 amide bonds. The van der Waals surface area contributed by atoms with Crippen LogP contribution in [0, 0.1) is 0 Å². The minimum Gasteiger partial charge on any atom is -0.479 e. The summed E-state index contributed by atoms with van der Waals surface area (Å²) in [5.74, 6) is -0.928. The van der Waals surface area contributed by atoms with Gasteiger partial charge in [-0.3, -0.25) is 0 Å². The molecule has 1 aliphatic carbocycles. The van der Waals surface area contributed by atoms with Gasteiger partial charge < -0.3 is 20.5 Å². The van der Waals surface area contributed by atoms with E-state index in [-0.39, 0.29) is 12.1 Å². The van der Waals surface area contributed by atoms with E-state index in [2.05, 4.69) is 16.7 Å². The Hall–Kier alpha value is -1.56. The molecule has 0 aromatic heterocycles. The molecule has 1 heterocycles. The first-order valence-electron chi connectivity index (χ1n) is 7.73. The highest BCUT2D eigenvalue weighted by atomic mass is 16.5. The Morgan fingerprint density at radius 1 is 1.29 bits per heavy atom. The highest BCUT2D eigenvalue weighted by molar-refractivity contribution is 5.74. The van der Waals surface area contributed by atoms with Crippen LogP contribution in [0.5, 0.6) is 0 Å². The van der Waals surface area contributed by atoms with E-state index < -0.39 is 12.1 Å². The second-order valence-corrected chi connectivity index (χ2v) is 5.66. The van der Waals surface area contributed by atoms with Crippen LogP contribution in [0.3, 0.4) is 0 Å². The molecule has 0 aromatic carbocycles. The Balaban J connectivity index is 1.55. The fraction of sp³-hybridized carbons (Fsp3) is 0.733. The van der Waals surface area contributed by atoms with Crippen LogP contribution in [-0.2, 0) is 9.53 Å². The van der Waals surface area contributed by atoms with Crippen molar-refractivity contribution in [3.05, 3.63) is 11.6 Å². The lowest BCUT2D eigenvalue weighted by Crippen LogP contribution is -2.40. The monoisotopic (exact) mass is 296 g/mol. The lowest BCUT2D eigenvalue weighted by Gasteiger charge is -2.15. The molecule has 0 spiro atoms. The van der Waals surface area contributed by atoms with Crippen LogP contribution in [0.4, 0.5) is 4.79 Å². The van der Waals surface area contributed by atoms with Crippen molar-refractivity contribution in [2.45, 2.75) is 57.2 Å². The van der Waals surface area contributed by atoms with E-state index in [4.69, 9.17) is 9.84 Å². The molecule has 1 fully saturated rings. The van der Waals surface area contributed by atoms with E-state index in [0.29, 0.717) is 25.9 Å². The number of carbonyl (C=O) groups excluding carboxylic acids is 1. The molecule has 2 unspecified atom stereocenters. The van der Waals surface area contributed by atoms with E-state index in [0.717, 1.165) is 19.3 Å². The third-order valence-electron chi connectivity index (χ3n) is 3.99. The minimum absolute atomic E-state index is 0.196. The molecule has 118 valence electrons. The Morgan fingerprint density at radius 2 is 2.14 bits per heavy atom. The number of rotatable bonds is 6. The predicted molar refractivity (Wildman–Crippen MR) is 78.1 cm³/mol. The molecule has 0 radical (unpaired) electrons. The molecule has 2 rings (SSSR count). The van der Waals surface area contributed by atoms with Crippen molar-refractivity contribution >= 4 is 12.0 Å². The SMILES string of the molecule is O=C(NCCC1=CCCCC1)NCC1CCC(C(=O)O)O1. The Kier molecular flexibility index (Phi) is 6.04. The van der Waals surface area contributed by atoms with E-state index in [1.54, 1.807) is 0 Å². The Morgan fingerprint density at radius 3 is 2.81 bits per heavy atom. The fourth-order valence-electron chi connectivity index (χ4n) is 2.77. The smallest absolute Gasteiger partial charge is 0.332 e. The van der Waals surface area contributed by atoms with Gasteiger partial charge in [0, 0.05) is 13.1 Å². The number of amides is 2. The summed E-state index contributed by atoms with van der Waals surface area (Å²) >= 11 is 0. The average Bonchev–Trinajstić information content (AvgIpc) is 2.95. The van der Waals surface area contributed by atoms with Gasteiger partial charge in [0.1, 0.15) is 0 Å². The zero-order chi connectivity index (χ0) is 15.1. The summed E-state index contributed by atoms with van der Waals surface area (Å²) in [6.45, 7) is 0.999. The van der Waals surface area contributed by atoms with Gasteiger partial charge in [0.05, 0.1) is 6.10 Å². The number of hydrogen-bond donors (Lipinski definition) is 3. The van der Waals surface area contributed by atoms with Gasteiger partial charge in [-0.25, -0.2) is 9.59 Å². The highest BCUT2D eigenvalue weighted by Gasteiger charge is 2.30. The molecular weight excluding hydrogens is 272 g/mol. The summed E-state index contributed by atoms with van der Waals surface area (Å²) in [5, 5.41) is 14.4.